The molecule has 1 fully saturated rings. The van der Waals surface area contributed by atoms with Gasteiger partial charge in [-0.15, -0.1) is 0 Å². The van der Waals surface area contributed by atoms with Gasteiger partial charge in [-0.05, 0) is 39.3 Å². The van der Waals surface area contributed by atoms with Crippen molar-refractivity contribution in [2.75, 3.05) is 13.2 Å². The van der Waals surface area contributed by atoms with Crippen LogP contribution in [0.15, 0.2) is 12.3 Å². The smallest absolute Gasteiger partial charge is 0.0640 e. The van der Waals surface area contributed by atoms with E-state index in [9.17, 15) is 0 Å². The quantitative estimate of drug-likeness (QED) is 0.834. The Kier molecular flexibility index (Phi) is 5.61. The Balaban J connectivity index is 2.04. The lowest BCUT2D eigenvalue weighted by molar-refractivity contribution is 0.0775. The molecule has 1 aliphatic heterocycles. The normalized spacial score (nSPS) is 24.4. The van der Waals surface area contributed by atoms with E-state index in [4.69, 9.17) is 4.74 Å². The fourth-order valence-electron chi connectivity index (χ4n) is 3.18. The highest BCUT2D eigenvalue weighted by molar-refractivity contribution is 5.04. The van der Waals surface area contributed by atoms with Gasteiger partial charge >= 0.3 is 0 Å². The first-order valence-electron chi connectivity index (χ1n) is 8.04. The lowest BCUT2D eigenvalue weighted by Crippen LogP contribution is -2.41. The van der Waals surface area contributed by atoms with Crippen LogP contribution in [0, 0.1) is 5.92 Å². The van der Waals surface area contributed by atoms with E-state index in [1.54, 1.807) is 0 Å². The van der Waals surface area contributed by atoms with Crippen LogP contribution in [0.5, 0.6) is 0 Å². The van der Waals surface area contributed by atoms with Crippen molar-refractivity contribution in [3.63, 3.8) is 0 Å². The molecule has 1 aromatic heterocycles. The molecule has 4 nitrogen and oxygen atoms in total. The van der Waals surface area contributed by atoms with Crippen molar-refractivity contribution in [3.8, 4) is 0 Å². The van der Waals surface area contributed by atoms with Gasteiger partial charge in [0.05, 0.1) is 11.8 Å². The molecule has 3 atom stereocenters. The minimum atomic E-state index is 0.409. The van der Waals surface area contributed by atoms with Crippen LogP contribution in [0.25, 0.3) is 0 Å². The molecule has 0 amide bonds. The van der Waals surface area contributed by atoms with E-state index in [-0.39, 0.29) is 0 Å². The molecule has 1 aliphatic rings. The van der Waals surface area contributed by atoms with Crippen LogP contribution in [-0.4, -0.2) is 35.1 Å². The zero-order valence-electron chi connectivity index (χ0n) is 13.3. The van der Waals surface area contributed by atoms with E-state index in [1.165, 1.54) is 12.1 Å². The Labute approximate surface area is 122 Å². The van der Waals surface area contributed by atoms with Crippen LogP contribution >= 0.6 is 0 Å². The molecule has 0 saturated carbocycles. The van der Waals surface area contributed by atoms with Gasteiger partial charge in [-0.1, -0.05) is 13.8 Å². The summed E-state index contributed by atoms with van der Waals surface area (Å²) in [4.78, 5) is 0. The molecule has 1 saturated heterocycles. The molecule has 4 heteroatoms. The molecule has 114 valence electrons. The van der Waals surface area contributed by atoms with Crippen molar-refractivity contribution < 1.29 is 4.74 Å². The molecule has 0 aromatic carbocycles. The maximum Gasteiger partial charge on any atom is 0.0640 e. The minimum Gasteiger partial charge on any atom is -0.378 e. The summed E-state index contributed by atoms with van der Waals surface area (Å²) in [6.07, 6.45) is 5.77. The number of likely N-dealkylation sites (N-methyl/N-ethyl adjacent to an activating group) is 1. The van der Waals surface area contributed by atoms with Crippen molar-refractivity contribution in [1.82, 2.24) is 15.1 Å². The highest BCUT2D eigenvalue weighted by atomic mass is 16.5. The van der Waals surface area contributed by atoms with E-state index < -0.39 is 0 Å². The summed E-state index contributed by atoms with van der Waals surface area (Å²) in [5.41, 5.74) is 1.19. The summed E-state index contributed by atoms with van der Waals surface area (Å²) in [5, 5.41) is 8.34. The van der Waals surface area contributed by atoms with Gasteiger partial charge in [0.15, 0.2) is 0 Å². The van der Waals surface area contributed by atoms with Gasteiger partial charge in [0.2, 0.25) is 0 Å². The van der Waals surface area contributed by atoms with Crippen molar-refractivity contribution >= 4 is 0 Å². The average Bonchev–Trinajstić information content (AvgIpc) is 3.06. The maximum atomic E-state index is 5.86. The molecule has 20 heavy (non-hydrogen) atoms. The first kappa shape index (κ1) is 15.5. The SMILES string of the molecule is CCNC(Cc1ccn(C(C)C)n1)C1CCOC1CC. The lowest BCUT2D eigenvalue weighted by atomic mass is 9.88. The Bertz CT molecular complexity index is 402. The molecule has 0 bridgehead atoms. The van der Waals surface area contributed by atoms with Crippen LogP contribution < -0.4 is 5.32 Å². The highest BCUT2D eigenvalue weighted by Gasteiger charge is 2.33. The van der Waals surface area contributed by atoms with Gasteiger partial charge in [-0.3, -0.25) is 4.68 Å². The van der Waals surface area contributed by atoms with Gasteiger partial charge in [0.25, 0.3) is 0 Å². The van der Waals surface area contributed by atoms with E-state index in [1.807, 2.05) is 4.68 Å². The van der Waals surface area contributed by atoms with E-state index in [0.717, 1.165) is 26.0 Å². The van der Waals surface area contributed by atoms with Crippen molar-refractivity contribution in [2.24, 2.45) is 5.92 Å². The molecule has 2 heterocycles. The Morgan fingerprint density at radius 1 is 1.45 bits per heavy atom. The number of nitrogens with zero attached hydrogens (tertiary/aromatic N) is 2. The van der Waals surface area contributed by atoms with Crippen LogP contribution in [0.3, 0.4) is 0 Å². The monoisotopic (exact) mass is 279 g/mol. The molecule has 1 N–H and O–H groups in total. The lowest BCUT2D eigenvalue weighted by Gasteiger charge is -2.27. The van der Waals surface area contributed by atoms with Gasteiger partial charge < -0.3 is 10.1 Å². The number of rotatable bonds is 7. The van der Waals surface area contributed by atoms with Gasteiger partial charge in [-0.25, -0.2) is 0 Å². The second-order valence-electron chi connectivity index (χ2n) is 6.02. The molecule has 2 rings (SSSR count). The third-order valence-corrected chi connectivity index (χ3v) is 4.27. The molecule has 0 aliphatic carbocycles. The Morgan fingerprint density at radius 2 is 2.25 bits per heavy atom. The van der Waals surface area contributed by atoms with Crippen LogP contribution in [0.2, 0.25) is 0 Å². The number of aromatic nitrogens is 2. The van der Waals surface area contributed by atoms with Gasteiger partial charge in [-0.2, -0.15) is 5.10 Å². The molecule has 1 aromatic rings. The fourth-order valence-corrected chi connectivity index (χ4v) is 3.18. The Morgan fingerprint density at radius 3 is 2.85 bits per heavy atom. The summed E-state index contributed by atoms with van der Waals surface area (Å²) in [5.74, 6) is 0.615. The predicted octanol–water partition coefficient (Wildman–Crippen LogP) is 2.80. The summed E-state index contributed by atoms with van der Waals surface area (Å²) in [6, 6.07) is 3.06. The summed E-state index contributed by atoms with van der Waals surface area (Å²) in [6.45, 7) is 10.6. The van der Waals surface area contributed by atoms with Crippen molar-refractivity contribution in [1.29, 1.82) is 0 Å². The highest BCUT2D eigenvalue weighted by Crippen LogP contribution is 2.28. The maximum absolute atomic E-state index is 5.86. The minimum absolute atomic E-state index is 0.409. The Hall–Kier alpha value is -0.870. The topological polar surface area (TPSA) is 39.1 Å². The third-order valence-electron chi connectivity index (χ3n) is 4.27. The predicted molar refractivity (Wildman–Crippen MR) is 81.9 cm³/mol. The molecule has 3 unspecified atom stereocenters. The van der Waals surface area contributed by atoms with Crippen LogP contribution in [-0.2, 0) is 11.2 Å². The average molecular weight is 279 g/mol. The fraction of sp³-hybridized carbons (Fsp3) is 0.812. The van der Waals surface area contributed by atoms with Crippen LogP contribution in [0.1, 0.15) is 52.3 Å². The largest absolute Gasteiger partial charge is 0.378 e. The van der Waals surface area contributed by atoms with Crippen molar-refractivity contribution in [3.05, 3.63) is 18.0 Å². The number of ether oxygens (including phenoxy) is 1. The number of hydrogen-bond acceptors (Lipinski definition) is 3. The first-order valence-corrected chi connectivity index (χ1v) is 8.04. The van der Waals surface area contributed by atoms with E-state index >= 15 is 0 Å². The van der Waals surface area contributed by atoms with Gasteiger partial charge in [0.1, 0.15) is 0 Å². The zero-order valence-corrected chi connectivity index (χ0v) is 13.3. The second kappa shape index (κ2) is 7.23. The molecular weight excluding hydrogens is 250 g/mol. The first-order chi connectivity index (χ1) is 9.65. The number of hydrogen-bond donors (Lipinski definition) is 1. The van der Waals surface area contributed by atoms with Gasteiger partial charge in [0, 0.05) is 37.2 Å². The van der Waals surface area contributed by atoms with Crippen LogP contribution in [0.4, 0.5) is 0 Å². The molecule has 0 radical (unpaired) electrons. The summed E-state index contributed by atoms with van der Waals surface area (Å²) >= 11 is 0. The summed E-state index contributed by atoms with van der Waals surface area (Å²) in [7, 11) is 0. The van der Waals surface area contributed by atoms with Crippen molar-refractivity contribution in [2.45, 2.75) is 65.1 Å². The second-order valence-corrected chi connectivity index (χ2v) is 6.02. The number of nitrogens with one attached hydrogen (secondary N) is 1. The summed E-state index contributed by atoms with van der Waals surface area (Å²) < 4.78 is 7.90. The molecule has 0 spiro atoms. The zero-order chi connectivity index (χ0) is 14.5. The third kappa shape index (κ3) is 3.61. The van der Waals surface area contributed by atoms with E-state index in [2.05, 4.69) is 50.4 Å². The van der Waals surface area contributed by atoms with E-state index in [0.29, 0.717) is 24.1 Å². The standard InChI is InChI=1S/C16H29N3O/c1-5-16-14(8-10-20-16)15(17-6-2)11-13-7-9-19(18-13)12(3)4/h7,9,12,14-17H,5-6,8,10-11H2,1-4H3. The molecular formula is C16H29N3O.